The molecule has 1 aromatic carbocycles. The minimum atomic E-state index is 0.141. The van der Waals surface area contributed by atoms with Gasteiger partial charge in [-0.05, 0) is 45.4 Å². The number of rotatable bonds is 9. The maximum atomic E-state index is 12.3. The molecule has 0 saturated carbocycles. The Morgan fingerprint density at radius 2 is 1.95 bits per heavy atom. The van der Waals surface area contributed by atoms with Crippen LogP contribution in [-0.4, -0.2) is 32.2 Å². The van der Waals surface area contributed by atoms with Gasteiger partial charge in [0.05, 0.1) is 0 Å². The van der Waals surface area contributed by atoms with Gasteiger partial charge in [0.1, 0.15) is 0 Å². The number of benzene rings is 1. The summed E-state index contributed by atoms with van der Waals surface area (Å²) in [7, 11) is 0. The zero-order chi connectivity index (χ0) is 14.8. The summed E-state index contributed by atoms with van der Waals surface area (Å²) in [6, 6.07) is 8.04. The van der Waals surface area contributed by atoms with E-state index in [1.54, 1.807) is 0 Å². The molecule has 0 atom stereocenters. The first-order valence-corrected chi connectivity index (χ1v) is 7.34. The SMILES string of the molecule is CCOCCCC(=O)N(CCCN)c1ccc(C)cc1. The Bertz CT molecular complexity index is 390. The summed E-state index contributed by atoms with van der Waals surface area (Å²) >= 11 is 0. The van der Waals surface area contributed by atoms with Crippen molar-refractivity contribution in [3.63, 3.8) is 0 Å². The van der Waals surface area contributed by atoms with Crippen LogP contribution >= 0.6 is 0 Å². The van der Waals surface area contributed by atoms with E-state index in [0.29, 0.717) is 32.7 Å². The number of ether oxygens (including phenoxy) is 1. The van der Waals surface area contributed by atoms with Crippen molar-refractivity contribution in [2.75, 3.05) is 31.2 Å². The molecule has 0 bridgehead atoms. The minimum absolute atomic E-state index is 0.141. The van der Waals surface area contributed by atoms with Gasteiger partial charge in [-0.1, -0.05) is 17.7 Å². The Morgan fingerprint density at radius 1 is 1.25 bits per heavy atom. The average Bonchev–Trinajstić information content (AvgIpc) is 2.46. The van der Waals surface area contributed by atoms with Crippen molar-refractivity contribution < 1.29 is 9.53 Å². The van der Waals surface area contributed by atoms with E-state index in [1.807, 2.05) is 43.0 Å². The zero-order valence-electron chi connectivity index (χ0n) is 12.6. The summed E-state index contributed by atoms with van der Waals surface area (Å²) in [5.74, 6) is 0.141. The van der Waals surface area contributed by atoms with Crippen LogP contribution in [0, 0.1) is 6.92 Å². The van der Waals surface area contributed by atoms with Crippen LogP contribution in [0.4, 0.5) is 5.69 Å². The molecule has 2 N–H and O–H groups in total. The van der Waals surface area contributed by atoms with Crippen LogP contribution in [0.1, 0.15) is 31.7 Å². The van der Waals surface area contributed by atoms with E-state index in [-0.39, 0.29) is 5.91 Å². The lowest BCUT2D eigenvalue weighted by atomic mass is 10.2. The van der Waals surface area contributed by atoms with Gasteiger partial charge in [0.25, 0.3) is 0 Å². The lowest BCUT2D eigenvalue weighted by Crippen LogP contribution is -2.33. The Hall–Kier alpha value is -1.39. The number of aryl methyl sites for hydroxylation is 1. The van der Waals surface area contributed by atoms with Crippen molar-refractivity contribution in [3.8, 4) is 0 Å². The van der Waals surface area contributed by atoms with Crippen LogP contribution in [0.2, 0.25) is 0 Å². The number of hydrogen-bond acceptors (Lipinski definition) is 3. The van der Waals surface area contributed by atoms with Gasteiger partial charge in [0, 0.05) is 31.9 Å². The fourth-order valence-electron chi connectivity index (χ4n) is 1.98. The summed E-state index contributed by atoms with van der Waals surface area (Å²) in [5, 5.41) is 0. The Morgan fingerprint density at radius 3 is 2.55 bits per heavy atom. The lowest BCUT2D eigenvalue weighted by molar-refractivity contribution is -0.119. The third kappa shape index (κ3) is 5.72. The summed E-state index contributed by atoms with van der Waals surface area (Å²) in [6.07, 6.45) is 2.08. The molecule has 0 heterocycles. The second-order valence-corrected chi connectivity index (χ2v) is 4.82. The fraction of sp³-hybridized carbons (Fsp3) is 0.562. The molecule has 0 unspecified atom stereocenters. The van der Waals surface area contributed by atoms with Gasteiger partial charge in [-0.25, -0.2) is 0 Å². The summed E-state index contributed by atoms with van der Waals surface area (Å²) < 4.78 is 5.28. The summed E-state index contributed by atoms with van der Waals surface area (Å²) in [5.41, 5.74) is 7.70. The predicted octanol–water partition coefficient (Wildman–Crippen LogP) is 2.49. The fourth-order valence-corrected chi connectivity index (χ4v) is 1.98. The number of nitrogens with zero attached hydrogens (tertiary/aromatic N) is 1. The summed E-state index contributed by atoms with van der Waals surface area (Å²) in [4.78, 5) is 14.2. The Labute approximate surface area is 121 Å². The Balaban J connectivity index is 2.62. The van der Waals surface area contributed by atoms with Gasteiger partial charge in [0.15, 0.2) is 0 Å². The number of amides is 1. The average molecular weight is 278 g/mol. The molecule has 0 saturated heterocycles. The molecular formula is C16H26N2O2. The molecule has 0 aromatic heterocycles. The zero-order valence-corrected chi connectivity index (χ0v) is 12.6. The molecule has 112 valence electrons. The number of carbonyl (C=O) groups excluding carboxylic acids is 1. The molecule has 0 aliphatic rings. The van der Waals surface area contributed by atoms with Gasteiger partial charge >= 0.3 is 0 Å². The second kappa shape index (κ2) is 9.50. The predicted molar refractivity (Wildman–Crippen MR) is 82.9 cm³/mol. The standard InChI is InChI=1S/C16H26N2O2/c1-3-20-13-4-6-16(19)18(12-5-11-17)15-9-7-14(2)8-10-15/h7-10H,3-6,11-13,17H2,1-2H3. The van der Waals surface area contributed by atoms with Crippen LogP contribution in [0.15, 0.2) is 24.3 Å². The maximum absolute atomic E-state index is 12.3. The van der Waals surface area contributed by atoms with Gasteiger partial charge in [-0.15, -0.1) is 0 Å². The highest BCUT2D eigenvalue weighted by Crippen LogP contribution is 2.17. The quantitative estimate of drug-likeness (QED) is 0.706. The van der Waals surface area contributed by atoms with E-state index in [9.17, 15) is 4.79 Å². The van der Waals surface area contributed by atoms with Crippen LogP contribution in [0.5, 0.6) is 0 Å². The van der Waals surface area contributed by atoms with Gasteiger partial charge in [-0.2, -0.15) is 0 Å². The highest BCUT2D eigenvalue weighted by atomic mass is 16.5. The highest BCUT2D eigenvalue weighted by molar-refractivity contribution is 5.93. The first-order valence-electron chi connectivity index (χ1n) is 7.34. The lowest BCUT2D eigenvalue weighted by Gasteiger charge is -2.23. The van der Waals surface area contributed by atoms with Crippen molar-refractivity contribution in [2.24, 2.45) is 5.73 Å². The van der Waals surface area contributed by atoms with Crippen molar-refractivity contribution >= 4 is 11.6 Å². The van der Waals surface area contributed by atoms with Crippen molar-refractivity contribution in [1.82, 2.24) is 0 Å². The van der Waals surface area contributed by atoms with Crippen LogP contribution < -0.4 is 10.6 Å². The van der Waals surface area contributed by atoms with Crippen molar-refractivity contribution in [2.45, 2.75) is 33.1 Å². The van der Waals surface area contributed by atoms with Crippen molar-refractivity contribution in [1.29, 1.82) is 0 Å². The van der Waals surface area contributed by atoms with E-state index < -0.39 is 0 Å². The second-order valence-electron chi connectivity index (χ2n) is 4.82. The number of hydrogen-bond donors (Lipinski definition) is 1. The van der Waals surface area contributed by atoms with Crippen molar-refractivity contribution in [3.05, 3.63) is 29.8 Å². The van der Waals surface area contributed by atoms with E-state index in [2.05, 4.69) is 0 Å². The molecule has 4 heteroatoms. The third-order valence-electron chi connectivity index (χ3n) is 3.12. The largest absolute Gasteiger partial charge is 0.382 e. The first-order chi connectivity index (χ1) is 9.69. The van der Waals surface area contributed by atoms with E-state index >= 15 is 0 Å². The molecule has 1 rings (SSSR count). The molecule has 0 aliphatic heterocycles. The summed E-state index contributed by atoms with van der Waals surface area (Å²) in [6.45, 7) is 6.60. The minimum Gasteiger partial charge on any atom is -0.382 e. The molecule has 0 spiro atoms. The van der Waals surface area contributed by atoms with Gasteiger partial charge in [0.2, 0.25) is 5.91 Å². The molecular weight excluding hydrogens is 252 g/mol. The van der Waals surface area contributed by atoms with E-state index in [0.717, 1.165) is 18.5 Å². The van der Waals surface area contributed by atoms with Gasteiger partial charge in [-0.3, -0.25) is 4.79 Å². The molecule has 20 heavy (non-hydrogen) atoms. The van der Waals surface area contributed by atoms with Crippen LogP contribution in [0.3, 0.4) is 0 Å². The normalized spacial score (nSPS) is 10.6. The molecule has 1 aromatic rings. The monoisotopic (exact) mass is 278 g/mol. The highest BCUT2D eigenvalue weighted by Gasteiger charge is 2.14. The number of anilines is 1. The molecule has 4 nitrogen and oxygen atoms in total. The Kier molecular flexibility index (Phi) is 7.92. The first kappa shape index (κ1) is 16.7. The van der Waals surface area contributed by atoms with Crippen LogP contribution in [-0.2, 0) is 9.53 Å². The van der Waals surface area contributed by atoms with E-state index in [4.69, 9.17) is 10.5 Å². The number of carbonyl (C=O) groups is 1. The number of nitrogens with two attached hydrogens (primary N) is 1. The topological polar surface area (TPSA) is 55.6 Å². The maximum Gasteiger partial charge on any atom is 0.227 e. The molecule has 1 amide bonds. The molecule has 0 radical (unpaired) electrons. The smallest absolute Gasteiger partial charge is 0.227 e. The van der Waals surface area contributed by atoms with Crippen LogP contribution in [0.25, 0.3) is 0 Å². The van der Waals surface area contributed by atoms with Gasteiger partial charge < -0.3 is 15.4 Å². The third-order valence-corrected chi connectivity index (χ3v) is 3.12. The molecule has 0 aliphatic carbocycles. The molecule has 0 fully saturated rings. The van der Waals surface area contributed by atoms with E-state index in [1.165, 1.54) is 5.56 Å².